The molecule has 3 rings (SSSR count). The third-order valence-electron chi connectivity index (χ3n) is 4.81. The molecule has 1 aliphatic carbocycles. The first-order valence-corrected chi connectivity index (χ1v) is 8.13. The molecule has 0 radical (unpaired) electrons. The SMILES string of the molecule is CC1(C)OB(c2cc(C3CC3)cc(Br)c2C#N)OC1(C)C. The minimum Gasteiger partial charge on any atom is -0.399 e. The standard InChI is InChI=1S/C16H19BBrNO2/c1-15(2)16(3,4)21-17(20-15)13-7-11(10-5-6-10)8-14(18)12(13)9-19/h7-8,10H,5-6H2,1-4H3. The van der Waals surface area contributed by atoms with Crippen LogP contribution in [0.1, 0.15) is 57.6 Å². The fraction of sp³-hybridized carbons (Fsp3) is 0.562. The summed E-state index contributed by atoms with van der Waals surface area (Å²) in [6.45, 7) is 8.11. The number of hydrogen-bond donors (Lipinski definition) is 0. The van der Waals surface area contributed by atoms with E-state index in [4.69, 9.17) is 9.31 Å². The summed E-state index contributed by atoms with van der Waals surface area (Å²) in [5, 5.41) is 9.47. The van der Waals surface area contributed by atoms with Crippen molar-refractivity contribution in [3.05, 3.63) is 27.7 Å². The van der Waals surface area contributed by atoms with Gasteiger partial charge >= 0.3 is 7.12 Å². The molecule has 1 aromatic carbocycles. The second-order valence-corrected chi connectivity index (χ2v) is 7.80. The van der Waals surface area contributed by atoms with Crippen LogP contribution in [0.4, 0.5) is 0 Å². The predicted octanol–water partition coefficient (Wildman–Crippen LogP) is 3.50. The normalized spacial score (nSPS) is 23.1. The average Bonchev–Trinajstić information content (AvgIpc) is 3.17. The fourth-order valence-electron chi connectivity index (χ4n) is 2.58. The smallest absolute Gasteiger partial charge is 0.399 e. The van der Waals surface area contributed by atoms with Crippen LogP contribution < -0.4 is 5.46 Å². The molecule has 1 heterocycles. The van der Waals surface area contributed by atoms with Crippen LogP contribution in [-0.4, -0.2) is 18.3 Å². The Bertz CT molecular complexity index is 616. The van der Waals surface area contributed by atoms with Gasteiger partial charge in [0.25, 0.3) is 0 Å². The molecular weight excluding hydrogens is 329 g/mol. The Labute approximate surface area is 134 Å². The van der Waals surface area contributed by atoms with Crippen LogP contribution in [0.25, 0.3) is 0 Å². The van der Waals surface area contributed by atoms with E-state index in [-0.39, 0.29) is 0 Å². The van der Waals surface area contributed by atoms with Gasteiger partial charge in [-0.2, -0.15) is 5.26 Å². The highest BCUT2D eigenvalue weighted by atomic mass is 79.9. The Morgan fingerprint density at radius 3 is 2.24 bits per heavy atom. The van der Waals surface area contributed by atoms with Gasteiger partial charge in [-0.15, -0.1) is 0 Å². The number of nitrogens with zero attached hydrogens (tertiary/aromatic N) is 1. The van der Waals surface area contributed by atoms with Crippen LogP contribution in [0, 0.1) is 11.3 Å². The van der Waals surface area contributed by atoms with Crippen molar-refractivity contribution in [2.24, 2.45) is 0 Å². The summed E-state index contributed by atoms with van der Waals surface area (Å²) < 4.78 is 13.0. The Hall–Kier alpha value is -0.825. The lowest BCUT2D eigenvalue weighted by Crippen LogP contribution is -2.41. The molecule has 0 N–H and O–H groups in total. The number of benzene rings is 1. The van der Waals surface area contributed by atoms with Gasteiger partial charge in [-0.05, 0) is 74.0 Å². The number of hydrogen-bond acceptors (Lipinski definition) is 3. The van der Waals surface area contributed by atoms with Crippen molar-refractivity contribution in [3.8, 4) is 6.07 Å². The van der Waals surface area contributed by atoms with E-state index in [2.05, 4.69) is 34.1 Å². The Kier molecular flexibility index (Phi) is 3.48. The zero-order valence-corrected chi connectivity index (χ0v) is 14.5. The first-order valence-electron chi connectivity index (χ1n) is 7.34. The fourth-order valence-corrected chi connectivity index (χ4v) is 3.16. The van der Waals surface area contributed by atoms with Gasteiger partial charge in [-0.25, -0.2) is 0 Å². The Morgan fingerprint density at radius 1 is 1.19 bits per heavy atom. The van der Waals surface area contributed by atoms with E-state index >= 15 is 0 Å². The quantitative estimate of drug-likeness (QED) is 0.769. The van der Waals surface area contributed by atoms with Crippen molar-refractivity contribution in [1.82, 2.24) is 0 Å². The Morgan fingerprint density at radius 2 is 1.76 bits per heavy atom. The predicted molar refractivity (Wildman–Crippen MR) is 86.5 cm³/mol. The molecule has 110 valence electrons. The minimum atomic E-state index is -0.486. The lowest BCUT2D eigenvalue weighted by atomic mass is 9.75. The maximum atomic E-state index is 9.47. The largest absolute Gasteiger partial charge is 0.496 e. The lowest BCUT2D eigenvalue weighted by molar-refractivity contribution is 0.00578. The number of rotatable bonds is 2. The second-order valence-electron chi connectivity index (χ2n) is 6.94. The van der Waals surface area contributed by atoms with Gasteiger partial charge in [0, 0.05) is 9.94 Å². The summed E-state index contributed by atoms with van der Waals surface area (Å²) in [5.41, 5.74) is 1.93. The molecule has 1 saturated carbocycles. The van der Waals surface area contributed by atoms with Crippen LogP contribution >= 0.6 is 15.9 Å². The third kappa shape index (κ3) is 2.54. The molecule has 1 aromatic rings. The molecule has 0 bridgehead atoms. The molecule has 2 fully saturated rings. The van der Waals surface area contributed by atoms with Gasteiger partial charge in [-0.1, -0.05) is 6.07 Å². The van der Waals surface area contributed by atoms with Crippen molar-refractivity contribution in [1.29, 1.82) is 5.26 Å². The van der Waals surface area contributed by atoms with E-state index in [9.17, 15) is 5.26 Å². The van der Waals surface area contributed by atoms with Gasteiger partial charge in [0.1, 0.15) is 0 Å². The Balaban J connectivity index is 2.04. The van der Waals surface area contributed by atoms with Crippen molar-refractivity contribution in [2.75, 3.05) is 0 Å². The van der Waals surface area contributed by atoms with Crippen molar-refractivity contribution >= 4 is 28.5 Å². The highest BCUT2D eigenvalue weighted by Gasteiger charge is 2.52. The van der Waals surface area contributed by atoms with Crippen LogP contribution in [0.3, 0.4) is 0 Å². The van der Waals surface area contributed by atoms with E-state index < -0.39 is 18.3 Å². The van der Waals surface area contributed by atoms with Crippen LogP contribution in [-0.2, 0) is 9.31 Å². The van der Waals surface area contributed by atoms with Crippen molar-refractivity contribution in [3.63, 3.8) is 0 Å². The van der Waals surface area contributed by atoms with Gasteiger partial charge in [0.2, 0.25) is 0 Å². The van der Waals surface area contributed by atoms with Crippen LogP contribution in [0.15, 0.2) is 16.6 Å². The molecular formula is C16H19BBrNO2. The minimum absolute atomic E-state index is 0.396. The third-order valence-corrected chi connectivity index (χ3v) is 5.44. The van der Waals surface area contributed by atoms with Crippen molar-refractivity contribution in [2.45, 2.75) is 57.7 Å². The molecule has 21 heavy (non-hydrogen) atoms. The van der Waals surface area contributed by atoms with E-state index in [1.807, 2.05) is 27.7 Å². The number of halogens is 1. The highest BCUT2D eigenvalue weighted by molar-refractivity contribution is 9.10. The van der Waals surface area contributed by atoms with E-state index in [1.54, 1.807) is 0 Å². The zero-order chi connectivity index (χ0) is 15.4. The summed E-state index contributed by atoms with van der Waals surface area (Å²) >= 11 is 3.52. The summed E-state index contributed by atoms with van der Waals surface area (Å²) in [5.74, 6) is 0.621. The van der Waals surface area contributed by atoms with E-state index in [1.165, 1.54) is 18.4 Å². The molecule has 0 atom stereocenters. The molecule has 2 aliphatic rings. The van der Waals surface area contributed by atoms with Crippen LogP contribution in [0.2, 0.25) is 0 Å². The highest BCUT2D eigenvalue weighted by Crippen LogP contribution is 2.42. The summed E-state index contributed by atoms with van der Waals surface area (Å²) in [7, 11) is -0.486. The molecule has 1 saturated heterocycles. The molecule has 0 spiro atoms. The monoisotopic (exact) mass is 347 g/mol. The zero-order valence-electron chi connectivity index (χ0n) is 12.9. The molecule has 0 unspecified atom stereocenters. The van der Waals surface area contributed by atoms with Gasteiger partial charge in [0.05, 0.1) is 22.8 Å². The maximum Gasteiger partial charge on any atom is 0.496 e. The molecule has 0 aromatic heterocycles. The van der Waals surface area contributed by atoms with E-state index in [0.717, 1.165) is 9.94 Å². The maximum absolute atomic E-state index is 9.47. The first kappa shape index (κ1) is 15.1. The summed E-state index contributed by atoms with van der Waals surface area (Å²) in [6, 6.07) is 6.42. The summed E-state index contributed by atoms with van der Waals surface area (Å²) in [6.07, 6.45) is 2.45. The summed E-state index contributed by atoms with van der Waals surface area (Å²) in [4.78, 5) is 0. The molecule has 0 amide bonds. The van der Waals surface area contributed by atoms with Gasteiger partial charge in [0.15, 0.2) is 0 Å². The number of nitriles is 1. The average molecular weight is 348 g/mol. The second kappa shape index (κ2) is 4.84. The van der Waals surface area contributed by atoms with Crippen molar-refractivity contribution < 1.29 is 9.31 Å². The van der Waals surface area contributed by atoms with Crippen LogP contribution in [0.5, 0.6) is 0 Å². The van der Waals surface area contributed by atoms with E-state index in [0.29, 0.717) is 11.5 Å². The molecule has 5 heteroatoms. The van der Waals surface area contributed by atoms with Gasteiger partial charge in [-0.3, -0.25) is 0 Å². The topological polar surface area (TPSA) is 42.2 Å². The molecule has 3 nitrogen and oxygen atoms in total. The first-order chi connectivity index (χ1) is 9.75. The van der Waals surface area contributed by atoms with Gasteiger partial charge < -0.3 is 9.31 Å². The lowest BCUT2D eigenvalue weighted by Gasteiger charge is -2.32. The molecule has 1 aliphatic heterocycles.